The van der Waals surface area contributed by atoms with Crippen molar-refractivity contribution < 1.29 is 14.3 Å². The fourth-order valence-corrected chi connectivity index (χ4v) is 2.42. The summed E-state index contributed by atoms with van der Waals surface area (Å²) in [5.41, 5.74) is 2.39. The van der Waals surface area contributed by atoms with Crippen molar-refractivity contribution in [3.63, 3.8) is 0 Å². The van der Waals surface area contributed by atoms with Crippen molar-refractivity contribution in [2.75, 3.05) is 22.9 Å². The van der Waals surface area contributed by atoms with Crippen LogP contribution in [-0.2, 0) is 4.79 Å². The SMILES string of the molecule is Cc1ccc(N2CCN(c3cccc(OC=O)c3)C2=O)cn1. The van der Waals surface area contributed by atoms with Crippen molar-refractivity contribution in [2.45, 2.75) is 6.92 Å². The Balaban J connectivity index is 1.82. The predicted molar refractivity (Wildman–Crippen MR) is 82.2 cm³/mol. The van der Waals surface area contributed by atoms with Crippen LogP contribution in [0.5, 0.6) is 5.75 Å². The second-order valence-electron chi connectivity index (χ2n) is 4.96. The maximum atomic E-state index is 12.6. The molecule has 0 bridgehead atoms. The minimum Gasteiger partial charge on any atom is -0.429 e. The van der Waals surface area contributed by atoms with Crippen LogP contribution in [0.3, 0.4) is 0 Å². The Morgan fingerprint density at radius 2 is 1.91 bits per heavy atom. The highest BCUT2D eigenvalue weighted by atomic mass is 16.5. The Bertz CT molecular complexity index is 700. The van der Waals surface area contributed by atoms with Gasteiger partial charge in [0.15, 0.2) is 0 Å². The van der Waals surface area contributed by atoms with Crippen LogP contribution >= 0.6 is 0 Å². The van der Waals surface area contributed by atoms with Crippen molar-refractivity contribution in [3.05, 3.63) is 48.3 Å². The van der Waals surface area contributed by atoms with Gasteiger partial charge < -0.3 is 4.74 Å². The molecule has 2 aromatic rings. The average molecular weight is 297 g/mol. The molecule has 1 saturated heterocycles. The Morgan fingerprint density at radius 1 is 1.14 bits per heavy atom. The normalized spacial score (nSPS) is 14.3. The number of carbonyl (C=O) groups is 2. The molecule has 1 aromatic carbocycles. The summed E-state index contributed by atoms with van der Waals surface area (Å²) in [5, 5.41) is 0. The molecule has 0 spiro atoms. The summed E-state index contributed by atoms with van der Waals surface area (Å²) in [6.07, 6.45) is 1.70. The Hall–Kier alpha value is -2.89. The Labute approximate surface area is 127 Å². The van der Waals surface area contributed by atoms with E-state index in [4.69, 9.17) is 4.74 Å². The summed E-state index contributed by atoms with van der Waals surface area (Å²) >= 11 is 0. The second-order valence-corrected chi connectivity index (χ2v) is 4.96. The topological polar surface area (TPSA) is 62.7 Å². The standard InChI is InChI=1S/C16H15N3O3/c1-12-5-6-14(10-17-12)19-8-7-18(16(19)21)13-3-2-4-15(9-13)22-11-20/h2-6,9-11H,7-8H2,1H3. The number of anilines is 2. The van der Waals surface area contributed by atoms with Gasteiger partial charge >= 0.3 is 6.03 Å². The molecular formula is C16H15N3O3. The van der Waals surface area contributed by atoms with Gasteiger partial charge in [0.25, 0.3) is 6.47 Å². The number of pyridine rings is 1. The van der Waals surface area contributed by atoms with Crippen molar-refractivity contribution in [1.29, 1.82) is 0 Å². The first-order valence-electron chi connectivity index (χ1n) is 6.91. The number of aryl methyl sites for hydroxylation is 1. The molecular weight excluding hydrogens is 282 g/mol. The molecule has 112 valence electrons. The van der Waals surface area contributed by atoms with E-state index >= 15 is 0 Å². The molecule has 2 heterocycles. The number of amides is 2. The number of urea groups is 1. The zero-order valence-corrected chi connectivity index (χ0v) is 12.1. The van der Waals surface area contributed by atoms with Crippen molar-refractivity contribution in [2.24, 2.45) is 0 Å². The van der Waals surface area contributed by atoms with Crippen LogP contribution in [0.1, 0.15) is 5.69 Å². The molecule has 0 saturated carbocycles. The fourth-order valence-electron chi connectivity index (χ4n) is 2.42. The van der Waals surface area contributed by atoms with E-state index in [1.165, 1.54) is 0 Å². The van der Waals surface area contributed by atoms with Gasteiger partial charge in [0.1, 0.15) is 5.75 Å². The lowest BCUT2D eigenvalue weighted by Gasteiger charge is -2.19. The van der Waals surface area contributed by atoms with Crippen LogP contribution in [0.25, 0.3) is 0 Å². The molecule has 0 radical (unpaired) electrons. The first kappa shape index (κ1) is 14.1. The van der Waals surface area contributed by atoms with E-state index in [1.54, 1.807) is 34.2 Å². The molecule has 3 rings (SSSR count). The number of ether oxygens (including phenoxy) is 1. The van der Waals surface area contributed by atoms with Gasteiger partial charge in [-0.1, -0.05) is 6.07 Å². The van der Waals surface area contributed by atoms with E-state index in [1.807, 2.05) is 25.1 Å². The number of hydrogen-bond donors (Lipinski definition) is 0. The molecule has 1 aromatic heterocycles. The van der Waals surface area contributed by atoms with Crippen LogP contribution < -0.4 is 14.5 Å². The quantitative estimate of drug-likeness (QED) is 0.813. The summed E-state index contributed by atoms with van der Waals surface area (Å²) in [6.45, 7) is 3.43. The average Bonchev–Trinajstić information content (AvgIpc) is 2.90. The first-order chi connectivity index (χ1) is 10.7. The lowest BCUT2D eigenvalue weighted by Crippen LogP contribution is -2.31. The minimum absolute atomic E-state index is 0.117. The van der Waals surface area contributed by atoms with E-state index in [2.05, 4.69) is 4.98 Å². The molecule has 1 aliphatic rings. The molecule has 0 atom stereocenters. The van der Waals surface area contributed by atoms with Gasteiger partial charge in [-0.25, -0.2) is 4.79 Å². The van der Waals surface area contributed by atoms with E-state index in [0.29, 0.717) is 31.0 Å². The molecule has 0 unspecified atom stereocenters. The number of carbonyl (C=O) groups excluding carboxylic acids is 2. The van der Waals surface area contributed by atoms with Crippen LogP contribution in [0.4, 0.5) is 16.2 Å². The van der Waals surface area contributed by atoms with Gasteiger partial charge in [0, 0.05) is 30.5 Å². The lowest BCUT2D eigenvalue weighted by molar-refractivity contribution is -0.120. The van der Waals surface area contributed by atoms with Gasteiger partial charge in [0.2, 0.25) is 0 Å². The van der Waals surface area contributed by atoms with Gasteiger partial charge in [0.05, 0.1) is 11.9 Å². The molecule has 22 heavy (non-hydrogen) atoms. The third-order valence-electron chi connectivity index (χ3n) is 3.53. The summed E-state index contributed by atoms with van der Waals surface area (Å²) in [7, 11) is 0. The highest BCUT2D eigenvalue weighted by Crippen LogP contribution is 2.27. The number of hydrogen-bond acceptors (Lipinski definition) is 4. The number of rotatable bonds is 4. The van der Waals surface area contributed by atoms with E-state index in [0.717, 1.165) is 11.4 Å². The van der Waals surface area contributed by atoms with Gasteiger partial charge in [-0.3, -0.25) is 19.6 Å². The third kappa shape index (κ3) is 2.63. The van der Waals surface area contributed by atoms with Gasteiger partial charge in [-0.2, -0.15) is 0 Å². The van der Waals surface area contributed by atoms with Crippen LogP contribution in [0, 0.1) is 6.92 Å². The first-order valence-corrected chi connectivity index (χ1v) is 6.91. The highest BCUT2D eigenvalue weighted by Gasteiger charge is 2.30. The lowest BCUT2D eigenvalue weighted by atomic mass is 10.3. The number of benzene rings is 1. The van der Waals surface area contributed by atoms with Crippen LogP contribution in [0.15, 0.2) is 42.6 Å². The van der Waals surface area contributed by atoms with Crippen LogP contribution in [-0.4, -0.2) is 30.6 Å². The molecule has 0 N–H and O–H groups in total. The third-order valence-corrected chi connectivity index (χ3v) is 3.53. The number of aromatic nitrogens is 1. The van der Waals surface area contributed by atoms with E-state index < -0.39 is 0 Å². The Kier molecular flexibility index (Phi) is 3.74. The highest BCUT2D eigenvalue weighted by molar-refractivity contribution is 6.06. The van der Waals surface area contributed by atoms with E-state index in [9.17, 15) is 9.59 Å². The summed E-state index contributed by atoms with van der Waals surface area (Å²) in [5.74, 6) is 0.413. The predicted octanol–water partition coefficient (Wildman–Crippen LogP) is 2.37. The van der Waals surface area contributed by atoms with Crippen LogP contribution in [0.2, 0.25) is 0 Å². The maximum Gasteiger partial charge on any atom is 0.329 e. The molecule has 6 heteroatoms. The summed E-state index contributed by atoms with van der Waals surface area (Å²) < 4.78 is 4.82. The van der Waals surface area contributed by atoms with Crippen molar-refractivity contribution >= 4 is 23.9 Å². The molecule has 6 nitrogen and oxygen atoms in total. The molecule has 1 aliphatic heterocycles. The van der Waals surface area contributed by atoms with Crippen molar-refractivity contribution in [3.8, 4) is 5.75 Å². The summed E-state index contributed by atoms with van der Waals surface area (Å²) in [6, 6.07) is 10.5. The monoisotopic (exact) mass is 297 g/mol. The maximum absolute atomic E-state index is 12.6. The fraction of sp³-hybridized carbons (Fsp3) is 0.188. The smallest absolute Gasteiger partial charge is 0.329 e. The summed E-state index contributed by atoms with van der Waals surface area (Å²) in [4.78, 5) is 30.5. The zero-order valence-electron chi connectivity index (χ0n) is 12.1. The molecule has 1 fully saturated rings. The number of nitrogens with zero attached hydrogens (tertiary/aromatic N) is 3. The largest absolute Gasteiger partial charge is 0.429 e. The minimum atomic E-state index is -0.117. The molecule has 2 amide bonds. The van der Waals surface area contributed by atoms with E-state index in [-0.39, 0.29) is 6.03 Å². The van der Waals surface area contributed by atoms with Crippen molar-refractivity contribution in [1.82, 2.24) is 4.98 Å². The molecule has 0 aliphatic carbocycles. The van der Waals surface area contributed by atoms with Gasteiger partial charge in [-0.05, 0) is 31.2 Å². The Morgan fingerprint density at radius 3 is 2.59 bits per heavy atom. The zero-order chi connectivity index (χ0) is 15.5. The second kappa shape index (κ2) is 5.85. The van der Waals surface area contributed by atoms with Gasteiger partial charge in [-0.15, -0.1) is 0 Å².